The molecule has 0 radical (unpaired) electrons. The van der Waals surface area contributed by atoms with Gasteiger partial charge in [-0.3, -0.25) is 15.0 Å². The Morgan fingerprint density at radius 1 is 0.810 bits per heavy atom. The second-order valence-electron chi connectivity index (χ2n) is 19.0. The number of carbonyl (C=O) groups is 2. The molecule has 7 heterocycles. The van der Waals surface area contributed by atoms with Gasteiger partial charge in [-0.05, 0) is 130 Å². The number of halogens is 1. The molecule has 0 atom stereocenters. The minimum Gasteiger partial charge on any atom is -0.507 e. The van der Waals surface area contributed by atoms with E-state index in [2.05, 4.69) is 51.9 Å². The summed E-state index contributed by atoms with van der Waals surface area (Å²) in [6.07, 6.45) is 13.8. The number of pyridine rings is 1. The van der Waals surface area contributed by atoms with Gasteiger partial charge in [-0.1, -0.05) is 12.1 Å². The second-order valence-corrected chi connectivity index (χ2v) is 19.0. The molecule has 1 spiro atoms. The Morgan fingerprint density at radius 3 is 2.30 bits per heavy atom. The number of carbonyl (C=O) groups excluding carboxylic acids is 2. The van der Waals surface area contributed by atoms with Gasteiger partial charge in [0.1, 0.15) is 17.2 Å². The molecule has 0 bridgehead atoms. The van der Waals surface area contributed by atoms with Gasteiger partial charge >= 0.3 is 6.03 Å². The van der Waals surface area contributed by atoms with Gasteiger partial charge in [-0.25, -0.2) is 14.2 Å². The predicted octanol–water partition coefficient (Wildman–Crippen LogP) is 6.90. The van der Waals surface area contributed by atoms with E-state index < -0.39 is 0 Å². The van der Waals surface area contributed by atoms with Crippen molar-refractivity contribution in [3.63, 3.8) is 0 Å². The fourth-order valence-electron chi connectivity index (χ4n) is 11.2. The van der Waals surface area contributed by atoms with Crippen LogP contribution in [-0.4, -0.2) is 107 Å². The zero-order chi connectivity index (χ0) is 42.8. The third-order valence-electron chi connectivity index (χ3n) is 15.1. The normalized spacial score (nSPS) is 21.3. The molecule has 0 unspecified atom stereocenters. The Hall–Kier alpha value is -5.96. The van der Waals surface area contributed by atoms with Crippen LogP contribution in [0.5, 0.6) is 5.75 Å². The number of amides is 3. The van der Waals surface area contributed by atoms with E-state index in [9.17, 15) is 14.7 Å². The van der Waals surface area contributed by atoms with Crippen LogP contribution in [0, 0.1) is 17.2 Å². The van der Waals surface area contributed by atoms with Crippen LogP contribution in [0.2, 0.25) is 0 Å². The largest absolute Gasteiger partial charge is 0.507 e. The van der Waals surface area contributed by atoms with E-state index in [-0.39, 0.29) is 23.5 Å². The maximum atomic E-state index is 15.4. The van der Waals surface area contributed by atoms with Crippen LogP contribution >= 0.6 is 0 Å². The van der Waals surface area contributed by atoms with Gasteiger partial charge in [-0.2, -0.15) is 0 Å². The van der Waals surface area contributed by atoms with Crippen molar-refractivity contribution in [2.24, 2.45) is 11.3 Å². The zero-order valence-corrected chi connectivity index (χ0v) is 35.8. The summed E-state index contributed by atoms with van der Waals surface area (Å²) in [6, 6.07) is 16.8. The van der Waals surface area contributed by atoms with Crippen molar-refractivity contribution in [1.29, 1.82) is 0 Å². The standard InChI is InChI=1S/C48H56FN11O3/c49-39-8-7-33(56-19-21-58(22-20-56)42-25-40(53-54-45(42)50)36-3-1-2-4-43(36)61)24-41(39)57-14-9-31(10-15-57)29-55-17-12-48(13-18-55)26-35(27-48)60-30-38(32-5-6-32)37-23-34(28-51-46(37)60)59-16-11-44(62)52-47(59)63/h1-4,7-8,23-25,28,30-32,35,61H,5-6,9-22,26-27,29H2,(H2,50,54)(H,52,62,63). The lowest BCUT2D eigenvalue weighted by Gasteiger charge is -2.53. The number of nitrogen functional groups attached to an aromatic ring is 1. The maximum Gasteiger partial charge on any atom is 0.328 e. The second kappa shape index (κ2) is 16.0. The molecule has 4 N–H and O–H groups in total. The van der Waals surface area contributed by atoms with Crippen molar-refractivity contribution in [2.45, 2.75) is 69.7 Å². The number of phenols is 1. The summed E-state index contributed by atoms with van der Waals surface area (Å²) in [5, 5.41) is 22.4. The lowest BCUT2D eigenvalue weighted by atomic mass is 9.60. The Morgan fingerprint density at radius 2 is 1.56 bits per heavy atom. The third kappa shape index (κ3) is 7.67. The first-order chi connectivity index (χ1) is 30.7. The van der Waals surface area contributed by atoms with Crippen molar-refractivity contribution in [1.82, 2.24) is 30.0 Å². The van der Waals surface area contributed by atoms with Crippen molar-refractivity contribution in [3.8, 4) is 17.0 Å². The zero-order valence-electron chi connectivity index (χ0n) is 35.8. The number of aromatic hydroxyl groups is 1. The Balaban J connectivity index is 0.664. The molecular weight excluding hydrogens is 798 g/mol. The van der Waals surface area contributed by atoms with E-state index in [1.165, 1.54) is 44.1 Å². The van der Waals surface area contributed by atoms with Crippen molar-refractivity contribution >= 4 is 51.5 Å². The number of aromatic nitrogens is 4. The fraction of sp³-hybridized carbons (Fsp3) is 0.479. The molecule has 2 saturated carbocycles. The van der Waals surface area contributed by atoms with Gasteiger partial charge in [0.2, 0.25) is 5.91 Å². The van der Waals surface area contributed by atoms with Gasteiger partial charge in [0.25, 0.3) is 0 Å². The number of urea groups is 1. The number of likely N-dealkylation sites (tertiary alicyclic amines) is 1. The van der Waals surface area contributed by atoms with Gasteiger partial charge in [0.05, 0.1) is 29.0 Å². The highest BCUT2D eigenvalue weighted by Gasteiger charge is 2.47. The third-order valence-corrected chi connectivity index (χ3v) is 15.1. The number of nitrogens with one attached hydrogen (secondary N) is 1. The first kappa shape index (κ1) is 39.9. The summed E-state index contributed by atoms with van der Waals surface area (Å²) >= 11 is 0. The van der Waals surface area contributed by atoms with E-state index >= 15 is 4.39 Å². The molecule has 4 aliphatic heterocycles. The average molecular weight is 854 g/mol. The lowest BCUT2D eigenvalue weighted by Crippen LogP contribution is -2.49. The van der Waals surface area contributed by atoms with Crippen molar-refractivity contribution < 1.29 is 19.1 Å². The summed E-state index contributed by atoms with van der Waals surface area (Å²) in [4.78, 5) is 40.4. The van der Waals surface area contributed by atoms with Crippen LogP contribution in [0.4, 0.5) is 37.8 Å². The topological polar surface area (TPSA) is 152 Å². The number of piperazine rings is 1. The molecule has 6 aliphatic rings. The molecule has 11 rings (SSSR count). The lowest BCUT2D eigenvalue weighted by molar-refractivity contribution is -0.120. The summed E-state index contributed by atoms with van der Waals surface area (Å²) in [6.45, 7) is 8.47. The summed E-state index contributed by atoms with van der Waals surface area (Å²) in [7, 11) is 0. The number of para-hydroxylation sites is 1. The molecule has 2 aliphatic carbocycles. The van der Waals surface area contributed by atoms with Gasteiger partial charge in [0, 0.05) is 87.7 Å². The molecule has 328 valence electrons. The molecule has 63 heavy (non-hydrogen) atoms. The molecule has 15 heteroatoms. The molecule has 6 fully saturated rings. The van der Waals surface area contributed by atoms with Crippen LogP contribution in [0.3, 0.4) is 0 Å². The summed E-state index contributed by atoms with van der Waals surface area (Å²) in [5.74, 6) is 1.30. The number of hydrogen-bond donors (Lipinski definition) is 3. The SMILES string of the molecule is Nc1nnc(-c2ccccc2O)cc1N1CCN(c2ccc(F)c(N3CCC(CN4CCC5(CC4)CC(n4cc(C6CC6)c6cc(N7CCC(=O)NC7=O)cnc64)C5)CC3)c2)CC1. The number of fused-ring (bicyclic) bond motifs is 1. The predicted molar refractivity (Wildman–Crippen MR) is 243 cm³/mol. The van der Waals surface area contributed by atoms with E-state index in [4.69, 9.17) is 10.7 Å². The van der Waals surface area contributed by atoms with Crippen LogP contribution in [0.25, 0.3) is 22.3 Å². The highest BCUT2D eigenvalue weighted by molar-refractivity contribution is 6.06. The van der Waals surface area contributed by atoms with Crippen molar-refractivity contribution in [3.05, 3.63) is 78.4 Å². The van der Waals surface area contributed by atoms with E-state index in [0.717, 1.165) is 99.8 Å². The Bertz CT molecular complexity index is 2550. The Kier molecular flexibility index (Phi) is 10.1. The first-order valence-electron chi connectivity index (χ1n) is 23.0. The number of imide groups is 1. The van der Waals surface area contributed by atoms with Gasteiger partial charge < -0.3 is 35.0 Å². The number of piperidine rings is 2. The van der Waals surface area contributed by atoms with Crippen LogP contribution in [0.1, 0.15) is 75.3 Å². The van der Waals surface area contributed by atoms with E-state index in [1.54, 1.807) is 29.3 Å². The number of nitrogens with two attached hydrogens (primary N) is 1. The maximum absolute atomic E-state index is 15.4. The summed E-state index contributed by atoms with van der Waals surface area (Å²) < 4.78 is 17.9. The van der Waals surface area contributed by atoms with E-state index in [0.29, 0.717) is 59.0 Å². The molecule has 2 aromatic carbocycles. The smallest absolute Gasteiger partial charge is 0.328 e. The molecular formula is C48H56FN11O3. The number of phenolic OH excluding ortho intramolecular Hbond substituents is 1. The fourth-order valence-corrected chi connectivity index (χ4v) is 11.2. The first-order valence-corrected chi connectivity index (χ1v) is 23.0. The number of nitrogens with zero attached hydrogens (tertiary/aromatic N) is 9. The molecule has 3 amide bonds. The van der Waals surface area contributed by atoms with E-state index in [1.807, 2.05) is 30.3 Å². The van der Waals surface area contributed by atoms with Crippen LogP contribution in [-0.2, 0) is 4.79 Å². The highest BCUT2D eigenvalue weighted by atomic mass is 19.1. The molecule has 3 aromatic heterocycles. The number of hydrogen-bond acceptors (Lipinski definition) is 11. The van der Waals surface area contributed by atoms with Gasteiger partial charge in [0.15, 0.2) is 5.82 Å². The van der Waals surface area contributed by atoms with Crippen LogP contribution in [0.15, 0.2) is 67.0 Å². The average Bonchev–Trinajstić information content (AvgIpc) is 4.07. The monoisotopic (exact) mass is 853 g/mol. The molecule has 4 saturated heterocycles. The minimum atomic E-state index is -0.368. The Labute approximate surface area is 366 Å². The summed E-state index contributed by atoms with van der Waals surface area (Å²) in [5.41, 5.74) is 13.6. The quantitative estimate of drug-likeness (QED) is 0.142. The molecule has 5 aromatic rings. The minimum absolute atomic E-state index is 0.150. The highest BCUT2D eigenvalue weighted by Crippen LogP contribution is 2.56. The van der Waals surface area contributed by atoms with Crippen LogP contribution < -0.4 is 30.7 Å². The molecule has 14 nitrogen and oxygen atoms in total. The number of benzene rings is 2. The number of anilines is 5. The number of rotatable bonds is 9. The van der Waals surface area contributed by atoms with Gasteiger partial charge in [-0.15, -0.1) is 10.2 Å². The van der Waals surface area contributed by atoms with Crippen molar-refractivity contribution in [2.75, 3.05) is 90.8 Å².